The van der Waals surface area contributed by atoms with Crippen molar-refractivity contribution < 1.29 is 33.5 Å². The number of hydrogen-bond donors (Lipinski definition) is 0. The summed E-state index contributed by atoms with van der Waals surface area (Å²) in [6, 6.07) is 7.04. The van der Waals surface area contributed by atoms with E-state index in [0.29, 0.717) is 0 Å². The van der Waals surface area contributed by atoms with Crippen molar-refractivity contribution in [3.63, 3.8) is 0 Å². The van der Waals surface area contributed by atoms with Crippen LogP contribution in [0.3, 0.4) is 0 Å². The molecule has 0 atom stereocenters. The van der Waals surface area contributed by atoms with Gasteiger partial charge in [0.05, 0.1) is 13.1 Å². The fourth-order valence-electron chi connectivity index (χ4n) is 0.879. The minimum absolute atomic E-state index is 0. The third-order valence-corrected chi connectivity index (χ3v) is 1.53. The number of aliphatic carboxylic acids is 1. The number of carboxylic acid groups (broad SMARTS) is 1. The Morgan fingerprint density at radius 2 is 1.93 bits per heavy atom. The number of rotatable bonds is 3. The quantitative estimate of drug-likeness (QED) is 0.384. The summed E-state index contributed by atoms with van der Waals surface area (Å²) in [5, 5.41) is 10.1. The van der Waals surface area contributed by atoms with Gasteiger partial charge in [-0.3, -0.25) is 0 Å². The normalized spacial score (nSPS) is 9.50. The molecule has 0 aromatic heterocycles. The Kier molecular flexibility index (Phi) is 5.78. The number of benzene rings is 1. The van der Waals surface area contributed by atoms with Crippen LogP contribution in [-0.4, -0.2) is 13.1 Å². The minimum Gasteiger partial charge on any atom is -0.545 e. The molecule has 0 saturated carbocycles. The van der Waals surface area contributed by atoms with Crippen molar-refractivity contribution in [3.05, 3.63) is 35.9 Å². The van der Waals surface area contributed by atoms with E-state index in [9.17, 15) is 9.90 Å². The summed E-state index contributed by atoms with van der Waals surface area (Å²) in [7, 11) is 1.58. The van der Waals surface area contributed by atoms with E-state index in [2.05, 4.69) is 0 Å². The average molecular weight is 184 g/mol. The summed E-state index contributed by atoms with van der Waals surface area (Å²) in [6.45, 7) is 0. The van der Waals surface area contributed by atoms with Crippen molar-refractivity contribution in [2.45, 2.75) is 0 Å². The van der Waals surface area contributed by atoms with E-state index in [1.165, 1.54) is 6.08 Å². The molecule has 3 nitrogen and oxygen atoms in total. The maximum Gasteiger partial charge on any atom is 1.00 e. The summed E-state index contributed by atoms with van der Waals surface area (Å²) < 4.78 is 4.94. The van der Waals surface area contributed by atoms with Crippen molar-refractivity contribution in [2.24, 2.45) is 0 Å². The first-order chi connectivity index (χ1) is 6.22. The Morgan fingerprint density at radius 3 is 2.36 bits per heavy atom. The third-order valence-electron chi connectivity index (χ3n) is 1.53. The van der Waals surface area contributed by atoms with Gasteiger partial charge < -0.3 is 14.6 Å². The van der Waals surface area contributed by atoms with Gasteiger partial charge in [-0.2, -0.15) is 0 Å². The predicted octanol–water partition coefficient (Wildman–Crippen LogP) is -2.54. The molecular weight excluding hydrogens is 175 g/mol. The van der Waals surface area contributed by atoms with Crippen LogP contribution in [0, 0.1) is 0 Å². The molecule has 4 heteroatoms. The first-order valence-corrected chi connectivity index (χ1v) is 3.75. The molecule has 0 unspecified atom stereocenters. The molecule has 0 bridgehead atoms. The minimum atomic E-state index is -1.20. The summed E-state index contributed by atoms with van der Waals surface area (Å²) in [6.07, 6.45) is 2.45. The van der Waals surface area contributed by atoms with Gasteiger partial charge in [0.15, 0.2) is 0 Å². The molecule has 1 rings (SSSR count). The number of methoxy groups -OCH3 is 1. The van der Waals surface area contributed by atoms with Gasteiger partial charge in [-0.05, 0) is 23.8 Å². The molecule has 0 aliphatic heterocycles. The molecule has 1 aromatic carbocycles. The third kappa shape index (κ3) is 4.17. The maximum atomic E-state index is 10.1. The van der Waals surface area contributed by atoms with Crippen molar-refractivity contribution in [1.29, 1.82) is 0 Å². The van der Waals surface area contributed by atoms with Crippen molar-refractivity contribution in [1.82, 2.24) is 0 Å². The number of ether oxygens (including phenoxy) is 1. The van der Waals surface area contributed by atoms with Gasteiger partial charge >= 0.3 is 18.9 Å². The monoisotopic (exact) mass is 184 g/mol. The predicted molar refractivity (Wildman–Crippen MR) is 47.0 cm³/mol. The largest absolute Gasteiger partial charge is 1.00 e. The van der Waals surface area contributed by atoms with Crippen LogP contribution in [0.15, 0.2) is 30.3 Å². The first-order valence-electron chi connectivity index (χ1n) is 3.75. The second kappa shape index (κ2) is 6.31. The van der Waals surface area contributed by atoms with Crippen LogP contribution < -0.4 is 28.7 Å². The Labute approximate surface area is 94.6 Å². The van der Waals surface area contributed by atoms with Gasteiger partial charge in [-0.25, -0.2) is 0 Å². The van der Waals surface area contributed by atoms with E-state index >= 15 is 0 Å². The van der Waals surface area contributed by atoms with Crippen molar-refractivity contribution >= 4 is 12.0 Å². The van der Waals surface area contributed by atoms with Gasteiger partial charge in [-0.1, -0.05) is 18.2 Å². The Morgan fingerprint density at radius 1 is 1.36 bits per heavy atom. The number of carbonyl (C=O) groups excluding carboxylic acids is 1. The standard InChI is InChI=1S/C10H10O3.Li/c1-13-9-5-2-8(3-6-9)4-7-10(11)12;/h2-7H,1H3,(H,11,12);/q;+1/p-1/b7-4+;. The molecule has 0 N–H and O–H groups in total. The van der Waals surface area contributed by atoms with E-state index in [1.807, 2.05) is 0 Å². The van der Waals surface area contributed by atoms with Gasteiger partial charge in [0.2, 0.25) is 0 Å². The molecule has 0 saturated heterocycles. The molecular formula is C10H9LiO3. The van der Waals surface area contributed by atoms with Crippen molar-refractivity contribution in [3.8, 4) is 5.75 Å². The summed E-state index contributed by atoms with van der Waals surface area (Å²) >= 11 is 0. The van der Waals surface area contributed by atoms with Crippen LogP contribution in [0.2, 0.25) is 0 Å². The van der Waals surface area contributed by atoms with E-state index in [4.69, 9.17) is 4.74 Å². The molecule has 0 aliphatic rings. The Hall–Kier alpha value is -1.17. The smallest absolute Gasteiger partial charge is 0.545 e. The molecule has 0 radical (unpaired) electrons. The van der Waals surface area contributed by atoms with E-state index in [-0.39, 0.29) is 18.9 Å². The number of carboxylic acids is 1. The molecule has 14 heavy (non-hydrogen) atoms. The topological polar surface area (TPSA) is 49.4 Å². The van der Waals surface area contributed by atoms with E-state index in [0.717, 1.165) is 17.4 Å². The second-order valence-electron chi connectivity index (χ2n) is 2.43. The molecule has 0 amide bonds. The van der Waals surface area contributed by atoms with Gasteiger partial charge in [0.1, 0.15) is 5.75 Å². The van der Waals surface area contributed by atoms with Gasteiger partial charge in [-0.15, -0.1) is 0 Å². The summed E-state index contributed by atoms with van der Waals surface area (Å²) in [4.78, 5) is 10.1. The van der Waals surface area contributed by atoms with Crippen molar-refractivity contribution in [2.75, 3.05) is 7.11 Å². The Balaban J connectivity index is 0.00000169. The first kappa shape index (κ1) is 12.8. The zero-order valence-electron chi connectivity index (χ0n) is 8.19. The van der Waals surface area contributed by atoms with Crippen LogP contribution in [-0.2, 0) is 4.79 Å². The summed E-state index contributed by atoms with van der Waals surface area (Å²) in [5.74, 6) is -0.457. The molecule has 0 fully saturated rings. The van der Waals surface area contributed by atoms with Crippen LogP contribution in [0.25, 0.3) is 6.08 Å². The van der Waals surface area contributed by atoms with E-state index in [1.54, 1.807) is 31.4 Å². The fourth-order valence-corrected chi connectivity index (χ4v) is 0.879. The van der Waals surface area contributed by atoms with Gasteiger partial charge in [0, 0.05) is 0 Å². The molecule has 0 aliphatic carbocycles. The number of hydrogen-bond acceptors (Lipinski definition) is 3. The summed E-state index contributed by atoms with van der Waals surface area (Å²) in [5.41, 5.74) is 0.796. The van der Waals surface area contributed by atoms with Gasteiger partial charge in [0.25, 0.3) is 0 Å². The SMILES string of the molecule is COc1ccc(/C=C/C(=O)[O-])cc1.[Li+]. The van der Waals surface area contributed by atoms with Crippen LogP contribution in [0.5, 0.6) is 5.75 Å². The molecule has 1 aromatic rings. The average Bonchev–Trinajstić information content (AvgIpc) is 2.15. The van der Waals surface area contributed by atoms with E-state index < -0.39 is 5.97 Å². The molecule has 68 valence electrons. The number of carbonyl (C=O) groups is 1. The maximum absolute atomic E-state index is 10.1. The molecule has 0 spiro atoms. The molecule has 0 heterocycles. The zero-order valence-corrected chi connectivity index (χ0v) is 8.19. The zero-order chi connectivity index (χ0) is 9.68. The second-order valence-corrected chi connectivity index (χ2v) is 2.43. The van der Waals surface area contributed by atoms with Crippen LogP contribution >= 0.6 is 0 Å². The fraction of sp³-hybridized carbons (Fsp3) is 0.100. The Bertz CT molecular complexity index is 317. The van der Waals surface area contributed by atoms with Crippen LogP contribution in [0.4, 0.5) is 0 Å². The van der Waals surface area contributed by atoms with Crippen LogP contribution in [0.1, 0.15) is 5.56 Å².